The van der Waals surface area contributed by atoms with Gasteiger partial charge in [-0.25, -0.2) is 4.98 Å². The maximum absolute atomic E-state index is 5.91. The van der Waals surface area contributed by atoms with E-state index >= 15 is 0 Å². The van der Waals surface area contributed by atoms with Crippen molar-refractivity contribution >= 4 is 23.1 Å². The van der Waals surface area contributed by atoms with Gasteiger partial charge in [0.05, 0.1) is 0 Å². The number of fused-ring (bicyclic) bond motifs is 3. The standard InChI is InChI=1S/C18H13ClN2/c19-17-6-3-7-18(21-17)20-14-8-9-16-13(11-14)10-12-4-1-2-5-15(12)16/h1-9,11H,10H2,(H,20,21). The van der Waals surface area contributed by atoms with E-state index in [0.29, 0.717) is 5.15 Å². The van der Waals surface area contributed by atoms with Crippen LogP contribution in [0.2, 0.25) is 5.15 Å². The molecule has 0 saturated heterocycles. The first-order chi connectivity index (χ1) is 10.3. The maximum atomic E-state index is 5.91. The number of nitrogens with one attached hydrogen (secondary N) is 1. The Labute approximate surface area is 128 Å². The SMILES string of the molecule is Clc1cccc(Nc2ccc3c(c2)Cc2ccccc2-3)n1. The number of hydrogen-bond donors (Lipinski definition) is 1. The first kappa shape index (κ1) is 12.4. The topological polar surface area (TPSA) is 24.9 Å². The van der Waals surface area contributed by atoms with E-state index in [2.05, 4.69) is 52.8 Å². The monoisotopic (exact) mass is 292 g/mol. The van der Waals surface area contributed by atoms with E-state index in [1.807, 2.05) is 12.1 Å². The second-order valence-electron chi connectivity index (χ2n) is 5.18. The van der Waals surface area contributed by atoms with Gasteiger partial charge in [-0.1, -0.05) is 48.0 Å². The fraction of sp³-hybridized carbons (Fsp3) is 0.0556. The Morgan fingerprint density at radius 3 is 2.62 bits per heavy atom. The lowest BCUT2D eigenvalue weighted by Gasteiger charge is -2.08. The highest BCUT2D eigenvalue weighted by molar-refractivity contribution is 6.29. The predicted molar refractivity (Wildman–Crippen MR) is 87.2 cm³/mol. The smallest absolute Gasteiger partial charge is 0.132 e. The van der Waals surface area contributed by atoms with Gasteiger partial charge in [0.1, 0.15) is 11.0 Å². The second-order valence-corrected chi connectivity index (χ2v) is 5.56. The minimum Gasteiger partial charge on any atom is -0.340 e. The van der Waals surface area contributed by atoms with Crippen molar-refractivity contribution in [1.29, 1.82) is 0 Å². The van der Waals surface area contributed by atoms with Crippen LogP contribution in [0.1, 0.15) is 11.1 Å². The number of halogens is 1. The van der Waals surface area contributed by atoms with Gasteiger partial charge in [0.2, 0.25) is 0 Å². The number of aromatic nitrogens is 1. The van der Waals surface area contributed by atoms with Crippen molar-refractivity contribution in [2.45, 2.75) is 6.42 Å². The Balaban J connectivity index is 1.67. The normalized spacial score (nSPS) is 11.9. The summed E-state index contributed by atoms with van der Waals surface area (Å²) >= 11 is 5.91. The van der Waals surface area contributed by atoms with E-state index < -0.39 is 0 Å². The molecule has 4 rings (SSSR count). The van der Waals surface area contributed by atoms with Crippen LogP contribution < -0.4 is 5.32 Å². The van der Waals surface area contributed by atoms with Gasteiger partial charge in [0, 0.05) is 5.69 Å². The first-order valence-corrected chi connectivity index (χ1v) is 7.28. The number of benzene rings is 2. The van der Waals surface area contributed by atoms with Crippen LogP contribution in [0.4, 0.5) is 11.5 Å². The van der Waals surface area contributed by atoms with Crippen molar-refractivity contribution in [3.05, 3.63) is 76.9 Å². The summed E-state index contributed by atoms with van der Waals surface area (Å²) in [6, 6.07) is 20.6. The molecule has 3 heteroatoms. The molecule has 21 heavy (non-hydrogen) atoms. The lowest BCUT2D eigenvalue weighted by atomic mass is 10.1. The molecule has 0 fully saturated rings. The van der Waals surface area contributed by atoms with Gasteiger partial charge in [-0.15, -0.1) is 0 Å². The molecule has 2 nitrogen and oxygen atoms in total. The third kappa shape index (κ3) is 2.28. The van der Waals surface area contributed by atoms with E-state index in [-0.39, 0.29) is 0 Å². The first-order valence-electron chi connectivity index (χ1n) is 6.90. The fourth-order valence-corrected chi connectivity index (χ4v) is 3.01. The molecule has 1 aliphatic carbocycles. The van der Waals surface area contributed by atoms with Gasteiger partial charge < -0.3 is 5.32 Å². The molecular formula is C18H13ClN2. The minimum absolute atomic E-state index is 0.494. The molecule has 3 aromatic rings. The molecule has 1 N–H and O–H groups in total. The number of nitrogens with zero attached hydrogens (tertiary/aromatic N) is 1. The highest BCUT2D eigenvalue weighted by Gasteiger charge is 2.17. The minimum atomic E-state index is 0.494. The lowest BCUT2D eigenvalue weighted by molar-refractivity contribution is 1.26. The quantitative estimate of drug-likeness (QED) is 0.523. The van der Waals surface area contributed by atoms with Crippen LogP contribution in [0.15, 0.2) is 60.7 Å². The van der Waals surface area contributed by atoms with Crippen LogP contribution in [0.3, 0.4) is 0 Å². The van der Waals surface area contributed by atoms with Gasteiger partial charge >= 0.3 is 0 Å². The zero-order valence-electron chi connectivity index (χ0n) is 11.3. The number of pyridine rings is 1. The van der Waals surface area contributed by atoms with Gasteiger partial charge in [0.25, 0.3) is 0 Å². The summed E-state index contributed by atoms with van der Waals surface area (Å²) in [5.74, 6) is 0.762. The van der Waals surface area contributed by atoms with Crippen molar-refractivity contribution in [1.82, 2.24) is 4.98 Å². The van der Waals surface area contributed by atoms with Crippen molar-refractivity contribution in [2.24, 2.45) is 0 Å². The van der Waals surface area contributed by atoms with Crippen molar-refractivity contribution in [2.75, 3.05) is 5.32 Å². The lowest BCUT2D eigenvalue weighted by Crippen LogP contribution is -1.94. The summed E-state index contributed by atoms with van der Waals surface area (Å²) in [5.41, 5.74) is 6.46. The van der Waals surface area contributed by atoms with E-state index in [0.717, 1.165) is 17.9 Å². The summed E-state index contributed by atoms with van der Waals surface area (Å²) in [7, 11) is 0. The van der Waals surface area contributed by atoms with Gasteiger partial charge in [-0.05, 0) is 52.9 Å². The molecule has 1 heterocycles. The van der Waals surface area contributed by atoms with Crippen molar-refractivity contribution in [3.63, 3.8) is 0 Å². The van der Waals surface area contributed by atoms with E-state index in [1.54, 1.807) is 6.07 Å². The molecule has 1 aliphatic rings. The van der Waals surface area contributed by atoms with Gasteiger partial charge in [-0.3, -0.25) is 0 Å². The molecule has 102 valence electrons. The van der Waals surface area contributed by atoms with E-state index in [1.165, 1.54) is 22.3 Å². The van der Waals surface area contributed by atoms with Crippen LogP contribution in [-0.4, -0.2) is 4.98 Å². The largest absolute Gasteiger partial charge is 0.340 e. The van der Waals surface area contributed by atoms with Crippen molar-refractivity contribution in [3.8, 4) is 11.1 Å². The molecular weight excluding hydrogens is 280 g/mol. The van der Waals surface area contributed by atoms with Crippen LogP contribution in [-0.2, 0) is 6.42 Å². The molecule has 0 unspecified atom stereocenters. The highest BCUT2D eigenvalue weighted by Crippen LogP contribution is 2.37. The fourth-order valence-electron chi connectivity index (χ4n) is 2.85. The molecule has 0 atom stereocenters. The van der Waals surface area contributed by atoms with Crippen molar-refractivity contribution < 1.29 is 0 Å². The van der Waals surface area contributed by atoms with E-state index in [4.69, 9.17) is 11.6 Å². The summed E-state index contributed by atoms with van der Waals surface area (Å²) in [6.45, 7) is 0. The molecule has 0 bridgehead atoms. The molecule has 0 radical (unpaired) electrons. The zero-order valence-corrected chi connectivity index (χ0v) is 12.1. The van der Waals surface area contributed by atoms with Crippen LogP contribution >= 0.6 is 11.6 Å². The Bertz CT molecular complexity index is 827. The molecule has 2 aromatic carbocycles. The number of rotatable bonds is 2. The average Bonchev–Trinajstić information content (AvgIpc) is 2.85. The van der Waals surface area contributed by atoms with E-state index in [9.17, 15) is 0 Å². The average molecular weight is 293 g/mol. The molecule has 0 aliphatic heterocycles. The third-order valence-corrected chi connectivity index (χ3v) is 3.99. The zero-order chi connectivity index (χ0) is 14.2. The van der Waals surface area contributed by atoms with Gasteiger partial charge in [-0.2, -0.15) is 0 Å². The third-order valence-electron chi connectivity index (χ3n) is 3.78. The van der Waals surface area contributed by atoms with Crippen LogP contribution in [0.5, 0.6) is 0 Å². The summed E-state index contributed by atoms with van der Waals surface area (Å²) in [4.78, 5) is 4.26. The van der Waals surface area contributed by atoms with Crippen LogP contribution in [0, 0.1) is 0 Å². The second kappa shape index (κ2) is 4.90. The van der Waals surface area contributed by atoms with Gasteiger partial charge in [0.15, 0.2) is 0 Å². The van der Waals surface area contributed by atoms with Crippen LogP contribution in [0.25, 0.3) is 11.1 Å². The Hall–Kier alpha value is -2.32. The summed E-state index contributed by atoms with van der Waals surface area (Å²) in [6.07, 6.45) is 0.990. The number of anilines is 2. The molecule has 0 saturated carbocycles. The molecule has 1 aromatic heterocycles. The summed E-state index contributed by atoms with van der Waals surface area (Å²) in [5, 5.41) is 3.80. The maximum Gasteiger partial charge on any atom is 0.132 e. The predicted octanol–water partition coefficient (Wildman–Crippen LogP) is 5.05. The Kier molecular flexibility index (Phi) is 2.90. The highest BCUT2D eigenvalue weighted by atomic mass is 35.5. The molecule has 0 spiro atoms. The Morgan fingerprint density at radius 2 is 1.71 bits per heavy atom. The summed E-state index contributed by atoms with van der Waals surface area (Å²) < 4.78 is 0. The Morgan fingerprint density at radius 1 is 0.857 bits per heavy atom. The molecule has 0 amide bonds. The number of hydrogen-bond acceptors (Lipinski definition) is 2.